The van der Waals surface area contributed by atoms with E-state index in [-0.39, 0.29) is 5.82 Å². The van der Waals surface area contributed by atoms with Gasteiger partial charge in [0.25, 0.3) is 0 Å². The summed E-state index contributed by atoms with van der Waals surface area (Å²) in [6.07, 6.45) is 5.55. The molecule has 1 aromatic carbocycles. The average molecular weight is 335 g/mol. The fourth-order valence-electron chi connectivity index (χ4n) is 2.20. The van der Waals surface area contributed by atoms with E-state index < -0.39 is 0 Å². The summed E-state index contributed by atoms with van der Waals surface area (Å²) in [5, 5.41) is 4.05. The van der Waals surface area contributed by atoms with Crippen LogP contribution >= 0.6 is 0 Å². The normalized spacial score (nSPS) is 9.40. The van der Waals surface area contributed by atoms with E-state index in [0.29, 0.717) is 11.8 Å². The summed E-state index contributed by atoms with van der Waals surface area (Å²) in [4.78, 5) is 13.5. The van der Waals surface area contributed by atoms with E-state index in [1.807, 2.05) is 30.9 Å². The second-order valence-corrected chi connectivity index (χ2v) is 5.13. The smallest absolute Gasteiger partial charge is 0.142 e. The van der Waals surface area contributed by atoms with Crippen LogP contribution in [0.3, 0.4) is 0 Å². The molecule has 4 nitrogen and oxygen atoms in total. The lowest BCUT2D eigenvalue weighted by atomic mass is 10.2. The molecule has 0 aliphatic heterocycles. The molecule has 0 amide bonds. The first kappa shape index (κ1) is 18.0. The van der Waals surface area contributed by atoms with Gasteiger partial charge in [-0.05, 0) is 30.3 Å². The number of carbonyl (C=O) groups is 1. The Morgan fingerprint density at radius 1 is 1.32 bits per heavy atom. The van der Waals surface area contributed by atoms with Gasteiger partial charge in [0.2, 0.25) is 0 Å². The number of rotatable bonds is 2. The van der Waals surface area contributed by atoms with Crippen LogP contribution in [-0.2, 0) is 11.8 Å². The van der Waals surface area contributed by atoms with Crippen molar-refractivity contribution in [3.05, 3.63) is 72.3 Å². The van der Waals surface area contributed by atoms with Crippen molar-refractivity contribution in [3.8, 4) is 11.8 Å². The largest absolute Gasteiger partial charge is 0.387 e. The minimum Gasteiger partial charge on any atom is -0.387 e. The number of nitrogens with zero attached hydrogens (tertiary/aromatic N) is 2. The fourth-order valence-corrected chi connectivity index (χ4v) is 2.20. The summed E-state index contributed by atoms with van der Waals surface area (Å²) in [5.41, 5.74) is 3.34. The SMILES string of the molecule is C=CC=O.CNc1cnc2c(c1)c(C#Cc1cccc(F)c1)cn2C. The second kappa shape index (κ2) is 8.46. The molecular weight excluding hydrogens is 317 g/mol. The molecule has 0 unspecified atom stereocenters. The van der Waals surface area contributed by atoms with Crippen molar-refractivity contribution in [3.63, 3.8) is 0 Å². The van der Waals surface area contributed by atoms with E-state index in [1.165, 1.54) is 18.2 Å². The number of halogens is 1. The van der Waals surface area contributed by atoms with Crippen molar-refractivity contribution in [1.82, 2.24) is 9.55 Å². The van der Waals surface area contributed by atoms with Gasteiger partial charge < -0.3 is 9.88 Å². The summed E-state index contributed by atoms with van der Waals surface area (Å²) in [6.45, 7) is 3.11. The minimum absolute atomic E-state index is 0.279. The number of fused-ring (bicyclic) bond motifs is 1. The van der Waals surface area contributed by atoms with E-state index >= 15 is 0 Å². The molecule has 0 radical (unpaired) electrons. The Balaban J connectivity index is 0.000000511. The fraction of sp³-hybridized carbons (Fsp3) is 0.100. The Bertz CT molecular complexity index is 958. The maximum Gasteiger partial charge on any atom is 0.142 e. The highest BCUT2D eigenvalue weighted by molar-refractivity contribution is 5.86. The van der Waals surface area contributed by atoms with Crippen molar-refractivity contribution in [1.29, 1.82) is 0 Å². The Hall–Kier alpha value is -3.39. The van der Waals surface area contributed by atoms with Crippen LogP contribution in [0.25, 0.3) is 11.0 Å². The third kappa shape index (κ3) is 4.55. The highest BCUT2D eigenvalue weighted by atomic mass is 19.1. The molecule has 3 rings (SSSR count). The van der Waals surface area contributed by atoms with Gasteiger partial charge in [-0.3, -0.25) is 4.79 Å². The zero-order chi connectivity index (χ0) is 18.2. The second-order valence-electron chi connectivity index (χ2n) is 5.13. The highest BCUT2D eigenvalue weighted by Crippen LogP contribution is 2.21. The molecule has 0 bridgehead atoms. The maximum absolute atomic E-state index is 13.2. The lowest BCUT2D eigenvalue weighted by Gasteiger charge is -1.99. The van der Waals surface area contributed by atoms with Gasteiger partial charge in [-0.2, -0.15) is 0 Å². The van der Waals surface area contributed by atoms with Crippen LogP contribution in [0.15, 0.2) is 55.4 Å². The lowest BCUT2D eigenvalue weighted by molar-refractivity contribution is -0.104. The number of hydrogen-bond donors (Lipinski definition) is 1. The monoisotopic (exact) mass is 335 g/mol. The predicted molar refractivity (Wildman–Crippen MR) is 98.9 cm³/mol. The van der Waals surface area contributed by atoms with Crippen molar-refractivity contribution in [2.24, 2.45) is 7.05 Å². The van der Waals surface area contributed by atoms with E-state index in [4.69, 9.17) is 4.79 Å². The van der Waals surface area contributed by atoms with Gasteiger partial charge in [0.1, 0.15) is 17.8 Å². The van der Waals surface area contributed by atoms with Crippen LogP contribution < -0.4 is 5.32 Å². The van der Waals surface area contributed by atoms with E-state index in [9.17, 15) is 4.39 Å². The summed E-state index contributed by atoms with van der Waals surface area (Å²) in [7, 11) is 3.78. The molecule has 3 aromatic rings. The Morgan fingerprint density at radius 3 is 2.72 bits per heavy atom. The van der Waals surface area contributed by atoms with Crippen molar-refractivity contribution >= 4 is 23.0 Å². The standard InChI is InChI=1S/C17H14FN3.C3H4O/c1-19-15-9-16-13(11-21(2)17(16)20-10-15)7-6-12-4-3-5-14(18)8-12;1-2-3-4/h3-5,8-11,19H,1-2H3;2-3H,1H2. The molecule has 25 heavy (non-hydrogen) atoms. The first-order valence-electron chi connectivity index (χ1n) is 7.55. The number of aldehydes is 1. The van der Waals surface area contributed by atoms with Gasteiger partial charge in [0, 0.05) is 31.2 Å². The van der Waals surface area contributed by atoms with Crippen LogP contribution in [0, 0.1) is 17.7 Å². The molecule has 0 saturated carbocycles. The first-order chi connectivity index (χ1) is 12.1. The summed E-state index contributed by atoms with van der Waals surface area (Å²) in [5.74, 6) is 5.81. The summed E-state index contributed by atoms with van der Waals surface area (Å²) < 4.78 is 15.1. The number of nitrogens with one attached hydrogen (secondary N) is 1. The molecule has 5 heteroatoms. The summed E-state index contributed by atoms with van der Waals surface area (Å²) >= 11 is 0. The predicted octanol–water partition coefficient (Wildman–Crippen LogP) is 3.53. The third-order valence-corrected chi connectivity index (χ3v) is 3.36. The average Bonchev–Trinajstić information content (AvgIpc) is 2.95. The molecule has 2 aromatic heterocycles. The summed E-state index contributed by atoms with van der Waals surface area (Å²) in [6, 6.07) is 8.29. The Kier molecular flexibility index (Phi) is 6.08. The molecule has 0 spiro atoms. The number of benzene rings is 1. The van der Waals surface area contributed by atoms with Crippen LogP contribution in [0.2, 0.25) is 0 Å². The van der Waals surface area contributed by atoms with Crippen LogP contribution in [-0.4, -0.2) is 22.9 Å². The molecule has 2 heterocycles. The van der Waals surface area contributed by atoms with Gasteiger partial charge in [-0.25, -0.2) is 9.37 Å². The lowest BCUT2D eigenvalue weighted by Crippen LogP contribution is -1.91. The third-order valence-electron chi connectivity index (χ3n) is 3.36. The van der Waals surface area contributed by atoms with Crippen LogP contribution in [0.4, 0.5) is 10.1 Å². The topological polar surface area (TPSA) is 46.9 Å². The van der Waals surface area contributed by atoms with Crippen molar-refractivity contribution < 1.29 is 9.18 Å². The Labute approximate surface area is 146 Å². The molecule has 0 saturated heterocycles. The van der Waals surface area contributed by atoms with Gasteiger partial charge in [-0.15, -0.1) is 0 Å². The number of hydrogen-bond acceptors (Lipinski definition) is 3. The molecule has 0 aliphatic rings. The zero-order valence-electron chi connectivity index (χ0n) is 14.1. The molecule has 1 N–H and O–H groups in total. The van der Waals surface area contributed by atoms with E-state index in [1.54, 1.807) is 18.3 Å². The Morgan fingerprint density at radius 2 is 2.08 bits per heavy atom. The number of pyridine rings is 1. The molecule has 126 valence electrons. The minimum atomic E-state index is -0.279. The molecule has 0 atom stereocenters. The van der Waals surface area contributed by atoms with Crippen LogP contribution in [0.5, 0.6) is 0 Å². The highest BCUT2D eigenvalue weighted by Gasteiger charge is 2.06. The van der Waals surface area contributed by atoms with E-state index in [2.05, 4.69) is 28.7 Å². The van der Waals surface area contributed by atoms with Crippen LogP contribution in [0.1, 0.15) is 11.1 Å². The first-order valence-corrected chi connectivity index (χ1v) is 7.55. The molecule has 0 aliphatic carbocycles. The number of anilines is 1. The zero-order valence-corrected chi connectivity index (χ0v) is 14.1. The number of carbonyl (C=O) groups excluding carboxylic acids is 1. The van der Waals surface area contributed by atoms with Gasteiger partial charge in [0.15, 0.2) is 0 Å². The van der Waals surface area contributed by atoms with Crippen molar-refractivity contribution in [2.45, 2.75) is 0 Å². The quantitative estimate of drug-likeness (QED) is 0.443. The van der Waals surface area contributed by atoms with Crippen molar-refractivity contribution in [2.75, 3.05) is 12.4 Å². The van der Waals surface area contributed by atoms with Gasteiger partial charge >= 0.3 is 0 Å². The number of aryl methyl sites for hydroxylation is 1. The maximum atomic E-state index is 13.2. The number of allylic oxidation sites excluding steroid dienone is 1. The van der Waals surface area contributed by atoms with Gasteiger partial charge in [-0.1, -0.05) is 24.5 Å². The van der Waals surface area contributed by atoms with Gasteiger partial charge in [0.05, 0.1) is 17.4 Å². The molecule has 0 fully saturated rings. The number of aromatic nitrogens is 2. The van der Waals surface area contributed by atoms with E-state index in [0.717, 1.165) is 22.3 Å². The molecular formula is C20H18FN3O.